The molecule has 0 unspecified atom stereocenters. The zero-order chi connectivity index (χ0) is 20.6. The zero-order valence-electron chi connectivity index (χ0n) is 16.6. The molecule has 1 fully saturated rings. The molecule has 2 aromatic carbocycles. The molecule has 0 aliphatic carbocycles. The first-order chi connectivity index (χ1) is 14.1. The normalized spacial score (nSPS) is 13.4. The molecule has 0 bridgehead atoms. The van der Waals surface area contributed by atoms with Crippen LogP contribution in [0.1, 0.15) is 49.4 Å². The number of benzene rings is 2. The van der Waals surface area contributed by atoms with Crippen molar-refractivity contribution in [2.75, 3.05) is 23.4 Å². The van der Waals surface area contributed by atoms with E-state index in [4.69, 9.17) is 4.74 Å². The highest BCUT2D eigenvalue weighted by atomic mass is 16.5. The van der Waals surface area contributed by atoms with E-state index in [2.05, 4.69) is 5.32 Å². The minimum Gasteiger partial charge on any atom is -0.494 e. The van der Waals surface area contributed by atoms with Gasteiger partial charge in [-0.3, -0.25) is 14.4 Å². The van der Waals surface area contributed by atoms with Gasteiger partial charge >= 0.3 is 0 Å². The number of nitrogens with one attached hydrogen (secondary N) is 1. The third kappa shape index (κ3) is 5.67. The van der Waals surface area contributed by atoms with Crippen molar-refractivity contribution < 1.29 is 19.1 Å². The summed E-state index contributed by atoms with van der Waals surface area (Å²) in [4.78, 5) is 38.0. The molecule has 6 nitrogen and oxygen atoms in total. The zero-order valence-corrected chi connectivity index (χ0v) is 16.6. The monoisotopic (exact) mass is 394 g/mol. The lowest BCUT2D eigenvalue weighted by molar-refractivity contribution is -0.117. The highest BCUT2D eigenvalue weighted by Crippen LogP contribution is 2.23. The summed E-state index contributed by atoms with van der Waals surface area (Å²) in [5, 5.41) is 2.80. The molecule has 152 valence electrons. The Morgan fingerprint density at radius 2 is 1.76 bits per heavy atom. The van der Waals surface area contributed by atoms with Gasteiger partial charge in [0, 0.05) is 42.7 Å². The molecule has 1 heterocycles. The molecule has 0 spiro atoms. The van der Waals surface area contributed by atoms with E-state index >= 15 is 0 Å². The van der Waals surface area contributed by atoms with E-state index < -0.39 is 0 Å². The predicted molar refractivity (Wildman–Crippen MR) is 112 cm³/mol. The Balaban J connectivity index is 1.46. The Labute approximate surface area is 170 Å². The van der Waals surface area contributed by atoms with Crippen molar-refractivity contribution in [2.24, 2.45) is 0 Å². The van der Waals surface area contributed by atoms with Crippen LogP contribution in [0.15, 0.2) is 48.5 Å². The maximum absolute atomic E-state index is 12.3. The molecule has 0 aromatic heterocycles. The van der Waals surface area contributed by atoms with Gasteiger partial charge in [-0.05, 0) is 61.4 Å². The van der Waals surface area contributed by atoms with Crippen LogP contribution in [0.2, 0.25) is 0 Å². The van der Waals surface area contributed by atoms with Gasteiger partial charge in [0.1, 0.15) is 5.75 Å². The van der Waals surface area contributed by atoms with Crippen LogP contribution in [0.5, 0.6) is 5.75 Å². The molecule has 1 aliphatic rings. The Morgan fingerprint density at radius 3 is 2.38 bits per heavy atom. The Morgan fingerprint density at radius 1 is 1.03 bits per heavy atom. The SMILES string of the molecule is CCCOc1ccc(C(=O)CCC(=O)Nc2ccc(N3CCCC3=O)cc2)cc1. The van der Waals surface area contributed by atoms with Crippen molar-refractivity contribution in [1.82, 2.24) is 0 Å². The lowest BCUT2D eigenvalue weighted by Gasteiger charge is -2.16. The molecule has 1 saturated heterocycles. The largest absolute Gasteiger partial charge is 0.494 e. The molecule has 3 rings (SSSR count). The number of hydrogen-bond donors (Lipinski definition) is 1. The smallest absolute Gasteiger partial charge is 0.227 e. The summed E-state index contributed by atoms with van der Waals surface area (Å²) in [5.74, 6) is 0.571. The number of hydrogen-bond acceptors (Lipinski definition) is 4. The van der Waals surface area contributed by atoms with Crippen LogP contribution in [0, 0.1) is 0 Å². The Hall–Kier alpha value is -3.15. The van der Waals surface area contributed by atoms with E-state index in [1.165, 1.54) is 0 Å². The van der Waals surface area contributed by atoms with Crippen LogP contribution in [0.4, 0.5) is 11.4 Å². The van der Waals surface area contributed by atoms with E-state index in [0.717, 1.165) is 30.8 Å². The summed E-state index contributed by atoms with van der Waals surface area (Å²) in [6.45, 7) is 3.41. The summed E-state index contributed by atoms with van der Waals surface area (Å²) >= 11 is 0. The van der Waals surface area contributed by atoms with Crippen molar-refractivity contribution in [3.8, 4) is 5.75 Å². The average Bonchev–Trinajstić information content (AvgIpc) is 3.17. The second-order valence-electron chi connectivity index (χ2n) is 7.04. The van der Waals surface area contributed by atoms with Crippen molar-refractivity contribution in [3.63, 3.8) is 0 Å². The van der Waals surface area contributed by atoms with Gasteiger partial charge in [-0.1, -0.05) is 6.92 Å². The number of ketones is 1. The molecule has 1 N–H and O–H groups in total. The summed E-state index contributed by atoms with van der Waals surface area (Å²) in [5.41, 5.74) is 2.06. The molecule has 29 heavy (non-hydrogen) atoms. The topological polar surface area (TPSA) is 75.7 Å². The standard InChI is InChI=1S/C23H26N2O4/c1-2-16-29-20-11-5-17(6-12-20)21(26)13-14-22(27)24-18-7-9-19(10-8-18)25-15-3-4-23(25)28/h5-12H,2-4,13-16H2,1H3,(H,24,27). The number of carbonyl (C=O) groups excluding carboxylic acids is 3. The summed E-state index contributed by atoms with van der Waals surface area (Å²) in [7, 11) is 0. The van der Waals surface area contributed by atoms with Crippen LogP contribution in [-0.2, 0) is 9.59 Å². The van der Waals surface area contributed by atoms with E-state index in [1.54, 1.807) is 41.3 Å². The molecule has 2 aromatic rings. The summed E-state index contributed by atoms with van der Waals surface area (Å²) in [6, 6.07) is 14.2. The number of ether oxygens (including phenoxy) is 1. The fourth-order valence-corrected chi connectivity index (χ4v) is 3.20. The van der Waals surface area contributed by atoms with E-state index in [0.29, 0.717) is 24.3 Å². The highest BCUT2D eigenvalue weighted by Gasteiger charge is 2.21. The fraction of sp³-hybridized carbons (Fsp3) is 0.348. The van der Waals surface area contributed by atoms with Gasteiger partial charge in [0.2, 0.25) is 11.8 Å². The number of carbonyl (C=O) groups is 3. The number of nitrogens with zero attached hydrogens (tertiary/aromatic N) is 1. The number of anilines is 2. The minimum absolute atomic E-state index is 0.0786. The van der Waals surface area contributed by atoms with Gasteiger partial charge in [-0.25, -0.2) is 0 Å². The van der Waals surface area contributed by atoms with Crippen LogP contribution in [0.25, 0.3) is 0 Å². The Bertz CT molecular complexity index is 859. The van der Waals surface area contributed by atoms with Crippen molar-refractivity contribution in [2.45, 2.75) is 39.0 Å². The first-order valence-electron chi connectivity index (χ1n) is 10.0. The number of rotatable bonds is 9. The van der Waals surface area contributed by atoms with Gasteiger partial charge in [-0.2, -0.15) is 0 Å². The van der Waals surface area contributed by atoms with Crippen LogP contribution < -0.4 is 15.0 Å². The highest BCUT2D eigenvalue weighted by molar-refractivity contribution is 6.00. The second-order valence-corrected chi connectivity index (χ2v) is 7.04. The third-order valence-electron chi connectivity index (χ3n) is 4.76. The molecule has 0 radical (unpaired) electrons. The molecule has 0 saturated carbocycles. The quantitative estimate of drug-likeness (QED) is 0.647. The maximum Gasteiger partial charge on any atom is 0.227 e. The summed E-state index contributed by atoms with van der Waals surface area (Å²) in [6.07, 6.45) is 2.64. The van der Waals surface area contributed by atoms with Gasteiger partial charge in [0.05, 0.1) is 6.61 Å². The van der Waals surface area contributed by atoms with E-state index in [9.17, 15) is 14.4 Å². The van der Waals surface area contributed by atoms with Crippen LogP contribution in [-0.4, -0.2) is 30.7 Å². The molecule has 6 heteroatoms. The van der Waals surface area contributed by atoms with Gasteiger partial charge in [0.25, 0.3) is 0 Å². The predicted octanol–water partition coefficient (Wildman–Crippen LogP) is 4.20. The minimum atomic E-state index is -0.216. The lowest BCUT2D eigenvalue weighted by Crippen LogP contribution is -2.23. The molecule has 0 atom stereocenters. The van der Waals surface area contributed by atoms with E-state index in [-0.39, 0.29) is 30.4 Å². The molecular weight excluding hydrogens is 368 g/mol. The van der Waals surface area contributed by atoms with Crippen molar-refractivity contribution in [3.05, 3.63) is 54.1 Å². The number of Topliss-reactive ketones (excluding diaryl/α,β-unsaturated/α-hetero) is 1. The van der Waals surface area contributed by atoms with Crippen LogP contribution in [0.3, 0.4) is 0 Å². The first-order valence-corrected chi connectivity index (χ1v) is 10.0. The first kappa shape index (κ1) is 20.6. The lowest BCUT2D eigenvalue weighted by atomic mass is 10.1. The van der Waals surface area contributed by atoms with Crippen molar-refractivity contribution in [1.29, 1.82) is 0 Å². The van der Waals surface area contributed by atoms with Gasteiger partial charge in [-0.15, -0.1) is 0 Å². The van der Waals surface area contributed by atoms with Crippen LogP contribution >= 0.6 is 0 Å². The van der Waals surface area contributed by atoms with Crippen molar-refractivity contribution >= 4 is 29.0 Å². The second kappa shape index (κ2) is 9.87. The third-order valence-corrected chi connectivity index (χ3v) is 4.76. The summed E-state index contributed by atoms with van der Waals surface area (Å²) < 4.78 is 5.50. The van der Waals surface area contributed by atoms with Gasteiger partial charge in [0.15, 0.2) is 5.78 Å². The number of amides is 2. The Kier molecular flexibility index (Phi) is 7.00. The fourth-order valence-electron chi connectivity index (χ4n) is 3.20. The van der Waals surface area contributed by atoms with E-state index in [1.807, 2.05) is 19.1 Å². The van der Waals surface area contributed by atoms with Gasteiger partial charge < -0.3 is 15.0 Å². The molecular formula is C23H26N2O4. The molecule has 2 amide bonds. The maximum atomic E-state index is 12.3. The molecule has 1 aliphatic heterocycles. The average molecular weight is 394 g/mol.